The van der Waals surface area contributed by atoms with Crippen molar-refractivity contribution in [2.24, 2.45) is 0 Å². The average Bonchev–Trinajstić information content (AvgIpc) is 3.33. The summed E-state index contributed by atoms with van der Waals surface area (Å²) in [4.78, 5) is 40.6. The van der Waals surface area contributed by atoms with Gasteiger partial charge in [0.2, 0.25) is 12.3 Å². The molecule has 0 spiro atoms. The van der Waals surface area contributed by atoms with Crippen LogP contribution in [-0.2, 0) is 13.0 Å². The van der Waals surface area contributed by atoms with Gasteiger partial charge < -0.3 is 18.9 Å². The molecule has 0 saturated heterocycles. The number of nitrogens with zero attached hydrogens (tertiary/aromatic N) is 2. The summed E-state index contributed by atoms with van der Waals surface area (Å²) in [6, 6.07) is 24.8. The van der Waals surface area contributed by atoms with Gasteiger partial charge in [0.1, 0.15) is 0 Å². The molecule has 0 aliphatic carbocycles. The molecule has 5 aromatic rings. The second kappa shape index (κ2) is 12.1. The number of methoxy groups -OCH3 is 4. The predicted octanol–water partition coefficient (Wildman–Crippen LogP) is 5.44. The number of fused-ring (bicyclic) bond motifs is 2. The summed E-state index contributed by atoms with van der Waals surface area (Å²) in [5.41, 5.74) is 3.44. The first kappa shape index (κ1) is 29.4. The maximum absolute atomic E-state index is 13.7. The van der Waals surface area contributed by atoms with Crippen LogP contribution in [0.1, 0.15) is 42.3 Å². The maximum Gasteiger partial charge on any atom is 0.266 e. The zero-order valence-corrected chi connectivity index (χ0v) is 25.3. The molecule has 0 saturated carbocycles. The predicted molar refractivity (Wildman–Crippen MR) is 168 cm³/mol. The molecule has 9 heteroatoms. The Morgan fingerprint density at radius 3 is 1.91 bits per heavy atom. The highest BCUT2D eigenvalue weighted by molar-refractivity contribution is 6.34. The monoisotopic (exact) mass is 603 g/mol. The number of ether oxygens (including phenoxy) is 4. The van der Waals surface area contributed by atoms with Gasteiger partial charge in [0.05, 0.1) is 57.1 Å². The van der Waals surface area contributed by atoms with Gasteiger partial charge in [0.15, 0.2) is 34.9 Å². The van der Waals surface area contributed by atoms with Gasteiger partial charge in [0, 0.05) is 11.6 Å². The van der Waals surface area contributed by atoms with Gasteiger partial charge in [0.25, 0.3) is 11.8 Å². The summed E-state index contributed by atoms with van der Waals surface area (Å²) in [5.74, 6) is 1.51. The number of imide groups is 1. The summed E-state index contributed by atoms with van der Waals surface area (Å²) in [6.45, 7) is 0.0548. The molecular formula is C36H31N2O7+. The first-order valence-electron chi connectivity index (χ1n) is 14.3. The number of anilines is 1. The van der Waals surface area contributed by atoms with Crippen LogP contribution < -0.4 is 28.4 Å². The molecule has 0 N–H and O–H groups in total. The van der Waals surface area contributed by atoms with Crippen LogP contribution in [0.15, 0.2) is 91.1 Å². The molecule has 0 radical (unpaired) electrons. The van der Waals surface area contributed by atoms with Crippen molar-refractivity contribution in [2.75, 3.05) is 33.3 Å². The molecule has 1 aliphatic heterocycles. The number of carbonyl (C=O) groups excluding carboxylic acids is 3. The van der Waals surface area contributed by atoms with Crippen LogP contribution in [-0.4, -0.2) is 46.0 Å². The zero-order valence-electron chi connectivity index (χ0n) is 25.3. The van der Waals surface area contributed by atoms with Crippen LogP contribution in [0.25, 0.3) is 10.8 Å². The van der Waals surface area contributed by atoms with Gasteiger partial charge in [-0.05, 0) is 71.6 Å². The standard InChI is InChI=1S/C36H31N2O7/c1-42-31-14-9-22(18-32(31)43-2)17-29-28-20-34(45-4)33(44-3)19-24(28)15-16-37(29)21-30(39)23-10-12-25(13-11-23)38-35(40)26-7-5-6-8-27(26)36(38)41/h5-16,18-20H,17,21H2,1-4H3/q+1. The maximum atomic E-state index is 13.7. The summed E-state index contributed by atoms with van der Waals surface area (Å²) in [6.07, 6.45) is 2.37. The van der Waals surface area contributed by atoms with E-state index in [0.29, 0.717) is 51.8 Å². The molecule has 2 amide bonds. The van der Waals surface area contributed by atoms with E-state index >= 15 is 0 Å². The Morgan fingerprint density at radius 1 is 0.689 bits per heavy atom. The number of carbonyl (C=O) groups is 3. The van der Waals surface area contributed by atoms with Crippen molar-refractivity contribution in [1.29, 1.82) is 0 Å². The van der Waals surface area contributed by atoms with Gasteiger partial charge in [-0.3, -0.25) is 14.4 Å². The fraction of sp³-hybridized carbons (Fsp3) is 0.167. The number of Topliss-reactive ketones (excluding diaryl/α,β-unsaturated/α-hetero) is 1. The molecule has 0 fully saturated rings. The third-order valence-electron chi connectivity index (χ3n) is 8.02. The Morgan fingerprint density at radius 2 is 1.29 bits per heavy atom. The fourth-order valence-corrected chi connectivity index (χ4v) is 5.69. The topological polar surface area (TPSA) is 95.3 Å². The second-order valence-electron chi connectivity index (χ2n) is 10.5. The number of pyridine rings is 1. The third-order valence-corrected chi connectivity index (χ3v) is 8.02. The van der Waals surface area contributed by atoms with Gasteiger partial charge in [-0.15, -0.1) is 0 Å². The van der Waals surface area contributed by atoms with Crippen LogP contribution in [0.3, 0.4) is 0 Å². The van der Waals surface area contributed by atoms with Crippen molar-refractivity contribution >= 4 is 34.1 Å². The van der Waals surface area contributed by atoms with E-state index in [9.17, 15) is 14.4 Å². The third kappa shape index (κ3) is 5.33. The highest BCUT2D eigenvalue weighted by atomic mass is 16.5. The number of aromatic nitrogens is 1. The Hall–Kier alpha value is -5.70. The van der Waals surface area contributed by atoms with E-state index in [1.54, 1.807) is 77.0 Å². The molecule has 4 aromatic carbocycles. The van der Waals surface area contributed by atoms with Gasteiger partial charge >= 0.3 is 0 Å². The van der Waals surface area contributed by atoms with Crippen molar-refractivity contribution in [2.45, 2.75) is 13.0 Å². The molecular weight excluding hydrogens is 572 g/mol. The summed E-state index contributed by atoms with van der Waals surface area (Å²) >= 11 is 0. The molecule has 2 heterocycles. The Balaban J connectivity index is 1.34. The van der Waals surface area contributed by atoms with E-state index in [-0.39, 0.29) is 24.1 Å². The average molecular weight is 604 g/mol. The van der Waals surface area contributed by atoms with Crippen molar-refractivity contribution in [3.63, 3.8) is 0 Å². The molecule has 226 valence electrons. The van der Waals surface area contributed by atoms with E-state index in [2.05, 4.69) is 0 Å². The minimum atomic E-state index is -0.381. The molecule has 1 aromatic heterocycles. The quantitative estimate of drug-likeness (QED) is 0.119. The molecule has 45 heavy (non-hydrogen) atoms. The molecule has 9 nitrogen and oxygen atoms in total. The summed E-state index contributed by atoms with van der Waals surface area (Å²) in [7, 11) is 6.36. The van der Waals surface area contributed by atoms with Crippen LogP contribution >= 0.6 is 0 Å². The zero-order chi connectivity index (χ0) is 31.7. The van der Waals surface area contributed by atoms with E-state index in [4.69, 9.17) is 18.9 Å². The number of rotatable bonds is 10. The van der Waals surface area contributed by atoms with Crippen molar-refractivity contribution in [1.82, 2.24) is 0 Å². The molecule has 0 unspecified atom stereocenters. The normalized spacial score (nSPS) is 12.3. The highest BCUT2D eigenvalue weighted by Crippen LogP contribution is 2.35. The minimum absolute atomic E-state index is 0.0548. The molecule has 6 rings (SSSR count). The Bertz CT molecular complexity index is 1930. The van der Waals surface area contributed by atoms with E-state index in [1.165, 1.54) is 0 Å². The van der Waals surface area contributed by atoms with Crippen molar-refractivity contribution in [3.05, 3.63) is 119 Å². The Kier molecular flexibility index (Phi) is 7.91. The summed E-state index contributed by atoms with van der Waals surface area (Å²) < 4.78 is 24.0. The summed E-state index contributed by atoms with van der Waals surface area (Å²) in [5, 5.41) is 1.83. The van der Waals surface area contributed by atoms with Crippen LogP contribution in [0.4, 0.5) is 5.69 Å². The van der Waals surface area contributed by atoms with Gasteiger partial charge in [-0.2, -0.15) is 4.57 Å². The number of amides is 2. The number of hydrogen-bond donors (Lipinski definition) is 0. The van der Waals surface area contributed by atoms with E-state index in [1.807, 2.05) is 47.2 Å². The van der Waals surface area contributed by atoms with Gasteiger partial charge in [-0.25, -0.2) is 4.90 Å². The lowest BCUT2D eigenvalue weighted by Crippen LogP contribution is -2.42. The lowest BCUT2D eigenvalue weighted by molar-refractivity contribution is -0.688. The van der Waals surface area contributed by atoms with Gasteiger partial charge in [-0.1, -0.05) is 18.2 Å². The largest absolute Gasteiger partial charge is 0.493 e. The Labute approximate surface area is 260 Å². The number of benzene rings is 4. The SMILES string of the molecule is COc1ccc(Cc2c3cc(OC)c(OC)cc3cc[n+]2CC(=O)c2ccc(N3C(=O)c4ccccc4C3=O)cc2)cc1OC. The van der Waals surface area contributed by atoms with Crippen LogP contribution in [0, 0.1) is 0 Å². The van der Waals surface area contributed by atoms with Crippen LogP contribution in [0.2, 0.25) is 0 Å². The first-order valence-corrected chi connectivity index (χ1v) is 14.3. The lowest BCUT2D eigenvalue weighted by Gasteiger charge is -2.14. The van der Waals surface area contributed by atoms with E-state index < -0.39 is 0 Å². The van der Waals surface area contributed by atoms with Crippen LogP contribution in [0.5, 0.6) is 23.0 Å². The van der Waals surface area contributed by atoms with Crippen molar-refractivity contribution < 1.29 is 37.9 Å². The highest BCUT2D eigenvalue weighted by Gasteiger charge is 2.36. The first-order chi connectivity index (χ1) is 21.9. The molecule has 0 bridgehead atoms. The fourth-order valence-electron chi connectivity index (χ4n) is 5.69. The molecule has 1 aliphatic rings. The number of ketones is 1. The minimum Gasteiger partial charge on any atom is -0.493 e. The molecule has 0 atom stereocenters. The van der Waals surface area contributed by atoms with Crippen molar-refractivity contribution in [3.8, 4) is 23.0 Å². The smallest absolute Gasteiger partial charge is 0.266 e. The number of hydrogen-bond acceptors (Lipinski definition) is 7. The lowest BCUT2D eigenvalue weighted by atomic mass is 10.0. The van der Waals surface area contributed by atoms with E-state index in [0.717, 1.165) is 26.9 Å². The second-order valence-corrected chi connectivity index (χ2v) is 10.5.